The van der Waals surface area contributed by atoms with Crippen LogP contribution in [0.25, 0.3) is 0 Å². The smallest absolute Gasteiger partial charge is 0.244 e. The third kappa shape index (κ3) is 8.06. The summed E-state index contributed by atoms with van der Waals surface area (Å²) in [5, 5.41) is 0.501. The van der Waals surface area contributed by atoms with Crippen LogP contribution in [-0.4, -0.2) is 30.5 Å². The first kappa shape index (κ1) is 35.2. The second kappa shape index (κ2) is 14.2. The zero-order valence-electron chi connectivity index (χ0n) is 25.5. The maximum atomic E-state index is 14.6. The van der Waals surface area contributed by atoms with Crippen LogP contribution in [-0.2, 0) is 26.0 Å². The van der Waals surface area contributed by atoms with Crippen LogP contribution >= 0.6 is 11.6 Å². The van der Waals surface area contributed by atoms with Crippen LogP contribution in [0.4, 0.5) is 0 Å². The highest BCUT2D eigenvalue weighted by molar-refractivity contribution is 7.89. The highest BCUT2D eigenvalue weighted by Gasteiger charge is 2.48. The second-order valence-corrected chi connectivity index (χ2v) is 15.1. The summed E-state index contributed by atoms with van der Waals surface area (Å²) in [7, 11) is -4.08. The standard InChI is InChI=1S/C35H41ClN2O4S.CH4/c1-23-11-9-10-14-32(23)43(41,42)38-30(24(2)22-35(3,4)5)21-29(33(38)26-15-17-28(36)18-16-26)31(39)20-27(34(37)40)19-25-12-7-6-8-13-25;/h6-18,21,24,27,30,33H,19-20,22H2,1-5H3,(H2,37,40);1H4/t24?,27-,30+,33+;/m1./s1. The van der Waals surface area contributed by atoms with Crippen LogP contribution in [0.1, 0.15) is 70.7 Å². The van der Waals surface area contributed by atoms with Gasteiger partial charge in [-0.15, -0.1) is 0 Å². The van der Waals surface area contributed by atoms with E-state index in [0.717, 1.165) is 12.0 Å². The molecule has 4 atom stereocenters. The van der Waals surface area contributed by atoms with Crippen LogP contribution < -0.4 is 5.73 Å². The molecular weight excluding hydrogens is 592 g/mol. The molecule has 3 aromatic rings. The third-order valence-corrected chi connectivity index (χ3v) is 10.3. The maximum Gasteiger partial charge on any atom is 0.244 e. The van der Waals surface area contributed by atoms with Crippen molar-refractivity contribution in [2.45, 2.75) is 78.3 Å². The Kier molecular flexibility index (Phi) is 11.4. The van der Waals surface area contributed by atoms with E-state index in [9.17, 15) is 18.0 Å². The molecule has 44 heavy (non-hydrogen) atoms. The molecule has 236 valence electrons. The van der Waals surface area contributed by atoms with Gasteiger partial charge in [0.05, 0.1) is 10.9 Å². The zero-order chi connectivity index (χ0) is 31.5. The molecule has 1 unspecified atom stereocenters. The molecule has 1 heterocycles. The summed E-state index contributed by atoms with van der Waals surface area (Å²) in [4.78, 5) is 27.0. The number of amides is 1. The number of carbonyl (C=O) groups is 2. The topological polar surface area (TPSA) is 97.5 Å². The number of halogens is 1. The number of nitrogens with zero attached hydrogens (tertiary/aromatic N) is 1. The van der Waals surface area contributed by atoms with E-state index >= 15 is 0 Å². The van der Waals surface area contributed by atoms with E-state index in [1.54, 1.807) is 55.5 Å². The highest BCUT2D eigenvalue weighted by atomic mass is 35.5. The van der Waals surface area contributed by atoms with Crippen molar-refractivity contribution < 1.29 is 18.0 Å². The van der Waals surface area contributed by atoms with Gasteiger partial charge in [0.15, 0.2) is 5.78 Å². The summed E-state index contributed by atoms with van der Waals surface area (Å²) in [6.07, 6.45) is 2.73. The fraction of sp³-hybridized carbons (Fsp3) is 0.389. The van der Waals surface area contributed by atoms with Gasteiger partial charge in [0, 0.05) is 29.0 Å². The van der Waals surface area contributed by atoms with E-state index in [-0.39, 0.29) is 35.9 Å². The number of benzene rings is 3. The van der Waals surface area contributed by atoms with Crippen LogP contribution in [0, 0.1) is 24.2 Å². The number of Topliss-reactive ketones (excluding diaryl/α,β-unsaturated/α-hetero) is 1. The van der Waals surface area contributed by atoms with Crippen molar-refractivity contribution in [1.82, 2.24) is 4.31 Å². The average Bonchev–Trinajstić information content (AvgIpc) is 3.35. The van der Waals surface area contributed by atoms with E-state index in [1.165, 1.54) is 4.31 Å². The number of hydrogen-bond acceptors (Lipinski definition) is 4. The molecule has 1 amide bonds. The molecule has 3 aromatic carbocycles. The third-order valence-electron chi connectivity index (χ3n) is 8.03. The highest BCUT2D eigenvalue weighted by Crippen LogP contribution is 2.46. The Labute approximate surface area is 268 Å². The Morgan fingerprint density at radius 2 is 1.55 bits per heavy atom. The lowest BCUT2D eigenvalue weighted by atomic mass is 9.82. The lowest BCUT2D eigenvalue weighted by molar-refractivity contribution is -0.126. The molecule has 0 spiro atoms. The van der Waals surface area contributed by atoms with E-state index in [1.807, 2.05) is 43.3 Å². The number of carbonyl (C=O) groups excluding carboxylic acids is 2. The molecule has 0 aromatic heterocycles. The van der Waals surface area contributed by atoms with Gasteiger partial charge in [-0.05, 0) is 66.0 Å². The molecule has 0 bridgehead atoms. The molecule has 0 saturated heterocycles. The van der Waals surface area contributed by atoms with Crippen LogP contribution in [0.3, 0.4) is 0 Å². The fourth-order valence-electron chi connectivity index (χ4n) is 6.15. The van der Waals surface area contributed by atoms with Crippen molar-refractivity contribution in [3.63, 3.8) is 0 Å². The second-order valence-electron chi connectivity index (χ2n) is 12.8. The summed E-state index contributed by atoms with van der Waals surface area (Å²) >= 11 is 6.23. The molecule has 0 saturated carbocycles. The van der Waals surface area contributed by atoms with Crippen molar-refractivity contribution >= 4 is 33.3 Å². The van der Waals surface area contributed by atoms with Crippen molar-refractivity contribution in [2.24, 2.45) is 23.0 Å². The Bertz CT molecular complexity index is 1600. The van der Waals surface area contributed by atoms with Gasteiger partial charge in [0.1, 0.15) is 0 Å². The zero-order valence-corrected chi connectivity index (χ0v) is 27.0. The first-order valence-electron chi connectivity index (χ1n) is 14.6. The minimum atomic E-state index is -4.08. The number of ketones is 1. The van der Waals surface area contributed by atoms with Gasteiger partial charge in [-0.2, -0.15) is 4.31 Å². The summed E-state index contributed by atoms with van der Waals surface area (Å²) < 4.78 is 30.7. The number of aryl methyl sites for hydroxylation is 1. The van der Waals surface area contributed by atoms with Crippen LogP contribution in [0.2, 0.25) is 5.02 Å². The molecule has 0 radical (unpaired) electrons. The molecular formula is C36H45ClN2O4S. The van der Waals surface area contributed by atoms with Gasteiger partial charge >= 0.3 is 0 Å². The largest absolute Gasteiger partial charge is 0.369 e. The van der Waals surface area contributed by atoms with Gasteiger partial charge in [-0.25, -0.2) is 8.42 Å². The Hall–Kier alpha value is -3.26. The molecule has 2 N–H and O–H groups in total. The maximum absolute atomic E-state index is 14.6. The van der Waals surface area contributed by atoms with Gasteiger partial charge in [-0.3, -0.25) is 9.59 Å². The first-order chi connectivity index (χ1) is 20.2. The summed E-state index contributed by atoms with van der Waals surface area (Å²) in [6, 6.07) is 21.8. The fourth-order valence-corrected chi connectivity index (χ4v) is 8.33. The molecule has 0 aliphatic carbocycles. The SMILES string of the molecule is C.Cc1ccccc1S(=O)(=O)N1[C@@H](c2ccc(Cl)cc2)C(C(=O)C[C@@H](Cc2ccccc2)C(N)=O)=C[C@H]1C(C)CC(C)(C)C. The van der Waals surface area contributed by atoms with Crippen molar-refractivity contribution in [1.29, 1.82) is 0 Å². The lowest BCUT2D eigenvalue weighted by Crippen LogP contribution is -2.43. The normalized spacial score (nSPS) is 18.6. The minimum Gasteiger partial charge on any atom is -0.369 e. The first-order valence-corrected chi connectivity index (χ1v) is 16.4. The van der Waals surface area contributed by atoms with Crippen molar-refractivity contribution in [2.75, 3.05) is 0 Å². The number of sulfonamides is 1. The summed E-state index contributed by atoms with van der Waals surface area (Å²) in [5.41, 5.74) is 8.21. The Morgan fingerprint density at radius 3 is 2.11 bits per heavy atom. The molecule has 4 rings (SSSR count). The number of primary amides is 1. The lowest BCUT2D eigenvalue weighted by Gasteiger charge is -2.36. The van der Waals surface area contributed by atoms with Gasteiger partial charge in [0.2, 0.25) is 15.9 Å². The van der Waals surface area contributed by atoms with E-state index < -0.39 is 33.9 Å². The molecule has 1 aliphatic heterocycles. The van der Waals surface area contributed by atoms with E-state index in [2.05, 4.69) is 20.8 Å². The summed E-state index contributed by atoms with van der Waals surface area (Å²) in [5.74, 6) is -1.72. The van der Waals surface area contributed by atoms with Gasteiger partial charge < -0.3 is 5.73 Å². The number of hydrogen-bond donors (Lipinski definition) is 1. The van der Waals surface area contributed by atoms with Crippen molar-refractivity contribution in [3.05, 3.63) is 112 Å². The molecule has 0 fully saturated rings. The van der Waals surface area contributed by atoms with Crippen molar-refractivity contribution in [3.8, 4) is 0 Å². The monoisotopic (exact) mass is 636 g/mol. The summed E-state index contributed by atoms with van der Waals surface area (Å²) in [6.45, 7) is 10.2. The predicted molar refractivity (Wildman–Crippen MR) is 179 cm³/mol. The van der Waals surface area contributed by atoms with E-state index in [4.69, 9.17) is 17.3 Å². The van der Waals surface area contributed by atoms with Gasteiger partial charge in [0.25, 0.3) is 0 Å². The number of rotatable bonds is 11. The minimum absolute atomic E-state index is 0. The predicted octanol–water partition coefficient (Wildman–Crippen LogP) is 7.70. The van der Waals surface area contributed by atoms with Gasteiger partial charge in [-0.1, -0.05) is 113 Å². The Balaban J connectivity index is 0.00000529. The van der Waals surface area contributed by atoms with E-state index in [0.29, 0.717) is 28.1 Å². The Morgan fingerprint density at radius 1 is 0.955 bits per heavy atom. The van der Waals surface area contributed by atoms with Crippen LogP contribution in [0.15, 0.2) is 95.4 Å². The number of nitrogens with two attached hydrogens (primary N) is 1. The van der Waals surface area contributed by atoms with Crippen LogP contribution in [0.5, 0.6) is 0 Å². The quantitative estimate of drug-likeness (QED) is 0.233. The molecule has 6 nitrogen and oxygen atoms in total. The molecule has 8 heteroatoms. The molecule has 1 aliphatic rings. The average molecular weight is 637 g/mol.